The lowest BCUT2D eigenvalue weighted by Gasteiger charge is -2.38. The molecule has 0 aliphatic carbocycles. The van der Waals surface area contributed by atoms with E-state index >= 15 is 0 Å². The molecule has 1 unspecified atom stereocenters. The molecule has 1 amide bonds. The highest BCUT2D eigenvalue weighted by Crippen LogP contribution is 2.42. The molecule has 4 N–H and O–H groups in total. The Kier molecular flexibility index (Phi) is 12.3. The molecule has 4 aromatic heterocycles. The first-order chi connectivity index (χ1) is 35.5. The molecule has 2 fully saturated rings. The van der Waals surface area contributed by atoms with Gasteiger partial charge in [-0.15, -0.1) is 0 Å². The number of aryl methyl sites for hydroxylation is 2. The summed E-state index contributed by atoms with van der Waals surface area (Å²) in [5.74, 6) is -0.221. The first-order valence-electron chi connectivity index (χ1n) is 25.2. The Balaban J connectivity index is 0.693. The number of carbonyl (C=O) groups is 2. The van der Waals surface area contributed by atoms with Crippen LogP contribution in [0.1, 0.15) is 87.1 Å². The summed E-state index contributed by atoms with van der Waals surface area (Å²) in [6.07, 6.45) is 4.31. The molecule has 8 heterocycles. The second-order valence-corrected chi connectivity index (χ2v) is 21.9. The quantitative estimate of drug-likeness (QED) is 0.111. The number of nitrogens with one attached hydrogen (secondary N) is 1. The first kappa shape index (κ1) is 48.9. The van der Waals surface area contributed by atoms with Crippen molar-refractivity contribution in [3.05, 3.63) is 116 Å². The van der Waals surface area contributed by atoms with Crippen LogP contribution in [-0.2, 0) is 51.5 Å². The molecule has 386 valence electrons. The molecule has 74 heavy (non-hydrogen) atoms. The fraction of sp³-hybridized carbons (Fsp3) is 0.396. The van der Waals surface area contributed by atoms with Crippen molar-refractivity contribution in [1.82, 2.24) is 42.4 Å². The van der Waals surface area contributed by atoms with Gasteiger partial charge >= 0.3 is 17.8 Å². The maximum Gasteiger partial charge on any atom is 0.415 e. The molecular weight excluding hydrogens is 971 g/mol. The van der Waals surface area contributed by atoms with Crippen LogP contribution in [0.3, 0.4) is 0 Å². The molecule has 0 radical (unpaired) electrons. The molecular formula is C53H57N9O11S. The van der Waals surface area contributed by atoms with Gasteiger partial charge in [0.1, 0.15) is 23.9 Å². The van der Waals surface area contributed by atoms with Crippen LogP contribution < -0.4 is 16.0 Å². The van der Waals surface area contributed by atoms with Crippen LogP contribution >= 0.6 is 0 Å². The summed E-state index contributed by atoms with van der Waals surface area (Å²) in [4.78, 5) is 59.5. The van der Waals surface area contributed by atoms with Crippen LogP contribution in [0.25, 0.3) is 50.3 Å². The molecule has 0 saturated carbocycles. The van der Waals surface area contributed by atoms with Gasteiger partial charge in [0.05, 0.1) is 40.3 Å². The van der Waals surface area contributed by atoms with Gasteiger partial charge in [0.2, 0.25) is 0 Å². The average molecular weight is 1030 g/mol. The second-order valence-electron chi connectivity index (χ2n) is 20.0. The Labute approximate surface area is 425 Å². The van der Waals surface area contributed by atoms with E-state index in [4.69, 9.17) is 14.5 Å². The minimum Gasteiger partial charge on any atom is -0.508 e. The molecule has 11 rings (SSSR count). The monoisotopic (exact) mass is 1030 g/mol. The normalized spacial score (nSPS) is 18.5. The highest BCUT2D eigenvalue weighted by atomic mass is 32.2. The number of pyridine rings is 2. The number of phenolic OH excluding ortho intramolecular Hbond substituents is 2. The molecule has 4 aliphatic rings. The lowest BCUT2D eigenvalue weighted by molar-refractivity contribution is -0.172. The number of nitrogens with zero attached hydrogens (tertiary/aromatic N) is 8. The van der Waals surface area contributed by atoms with Crippen LogP contribution in [0.4, 0.5) is 4.79 Å². The van der Waals surface area contributed by atoms with Crippen molar-refractivity contribution >= 4 is 44.1 Å². The van der Waals surface area contributed by atoms with Crippen molar-refractivity contribution in [1.29, 1.82) is 0 Å². The maximum atomic E-state index is 13.9. The number of fused-ring (bicyclic) bond motifs is 6. The smallest absolute Gasteiger partial charge is 0.415 e. The van der Waals surface area contributed by atoms with Gasteiger partial charge in [0, 0.05) is 85.5 Å². The topological polar surface area (TPSA) is 248 Å². The lowest BCUT2D eigenvalue weighted by atomic mass is 9.86. The average Bonchev–Trinajstić information content (AvgIpc) is 4.10. The summed E-state index contributed by atoms with van der Waals surface area (Å²) in [6, 6.07) is 17.4. The molecule has 21 heteroatoms. The number of hydrogen-bond donors (Lipinski definition) is 4. The number of aliphatic hydroxyl groups is 1. The van der Waals surface area contributed by atoms with Crippen LogP contribution in [0.5, 0.6) is 17.2 Å². The van der Waals surface area contributed by atoms with E-state index in [1.807, 2.05) is 51.2 Å². The van der Waals surface area contributed by atoms with Gasteiger partial charge in [0.25, 0.3) is 15.8 Å². The Morgan fingerprint density at radius 2 is 1.68 bits per heavy atom. The molecule has 4 aliphatic heterocycles. The largest absolute Gasteiger partial charge is 0.508 e. The number of rotatable bonds is 11. The van der Waals surface area contributed by atoms with E-state index in [2.05, 4.69) is 14.8 Å². The summed E-state index contributed by atoms with van der Waals surface area (Å²) in [5.41, 5.74) is 3.69. The first-order valence-corrected chi connectivity index (χ1v) is 26.6. The van der Waals surface area contributed by atoms with Crippen LogP contribution in [0.15, 0.2) is 76.4 Å². The number of benzene rings is 3. The standard InChI is InChI=1S/C53H57N9O11S/c1-5-35-37-24-34(8-9-42(37)54-47-39(35)28-61-44(47)26-41-40(49(61)65)29-72-50(66)53(41,69)6-2)73-52(68)58-19-21-60(22-20-58)74(70,71)59-17-12-31(13-18-59)11-15-57-16-14-32-23-33(7-10-43(32)57)62-48(55-56-51(62)67)38-25-36(30(3)4)45(63)27-46(38)64/h7-10,14,16,23-27,30-31,63-64,69H,5-6,11-13,15,17-22,28-29H2,1-4H3,(H,56,67). The second kappa shape index (κ2) is 18.6. The Morgan fingerprint density at radius 1 is 0.919 bits per heavy atom. The summed E-state index contributed by atoms with van der Waals surface area (Å²) in [5, 5.41) is 40.8. The number of aromatic nitrogens is 6. The molecule has 7 aromatic rings. The van der Waals surface area contributed by atoms with Gasteiger partial charge in [-0.2, -0.15) is 22.1 Å². The van der Waals surface area contributed by atoms with E-state index in [0.717, 1.165) is 40.4 Å². The third-order valence-corrected chi connectivity index (χ3v) is 17.6. The number of carbonyl (C=O) groups excluding carboxylic acids is 2. The number of hydrogen-bond acceptors (Lipinski definition) is 13. The van der Waals surface area contributed by atoms with Crippen molar-refractivity contribution < 1.29 is 42.8 Å². The van der Waals surface area contributed by atoms with E-state index in [1.54, 1.807) is 46.1 Å². The predicted molar refractivity (Wildman–Crippen MR) is 273 cm³/mol. The Bertz CT molecular complexity index is 3680. The fourth-order valence-electron chi connectivity index (χ4n) is 11.3. The van der Waals surface area contributed by atoms with Gasteiger partial charge < -0.3 is 38.8 Å². The van der Waals surface area contributed by atoms with Crippen molar-refractivity contribution in [3.8, 4) is 45.7 Å². The van der Waals surface area contributed by atoms with Crippen molar-refractivity contribution in [2.45, 2.75) is 91.0 Å². The Hall–Kier alpha value is -7.33. The van der Waals surface area contributed by atoms with E-state index in [1.165, 1.54) is 19.8 Å². The third kappa shape index (κ3) is 8.12. The summed E-state index contributed by atoms with van der Waals surface area (Å²) < 4.78 is 47.0. The SMILES string of the molecule is CCc1c2c(nc3ccc(OC(=O)N4CCN(S(=O)(=O)N5CCC(CCn6ccc7cc(-n8c(-c9cc(C(C)C)c(O)cc9O)n[nH]c8=O)ccc76)CC5)CC4)cc13)-c1cc3c(c(=O)n1C2)COC(=O)C3(O)CC. The zero-order chi connectivity index (χ0) is 52.0. The van der Waals surface area contributed by atoms with Gasteiger partial charge in [-0.1, -0.05) is 27.7 Å². The van der Waals surface area contributed by atoms with Gasteiger partial charge in [-0.3, -0.25) is 4.79 Å². The van der Waals surface area contributed by atoms with Crippen LogP contribution in [0, 0.1) is 5.92 Å². The van der Waals surface area contributed by atoms with Crippen molar-refractivity contribution in [3.63, 3.8) is 0 Å². The highest BCUT2D eigenvalue weighted by Gasteiger charge is 2.46. The summed E-state index contributed by atoms with van der Waals surface area (Å²) in [7, 11) is -3.77. The zero-order valence-corrected chi connectivity index (χ0v) is 42.3. The molecule has 3 aromatic carbocycles. The number of phenols is 2. The van der Waals surface area contributed by atoms with Crippen molar-refractivity contribution in [2.75, 3.05) is 39.3 Å². The number of H-pyrrole nitrogens is 1. The van der Waals surface area contributed by atoms with Crippen LogP contribution in [0.2, 0.25) is 0 Å². The number of esters is 1. The minimum atomic E-state index is -3.77. The minimum absolute atomic E-state index is 0.0336. The van der Waals surface area contributed by atoms with Crippen molar-refractivity contribution in [2.24, 2.45) is 5.92 Å². The lowest BCUT2D eigenvalue weighted by Crippen LogP contribution is -2.55. The predicted octanol–water partition coefficient (Wildman–Crippen LogP) is 5.84. The van der Waals surface area contributed by atoms with E-state index in [0.29, 0.717) is 77.7 Å². The molecule has 20 nitrogen and oxygen atoms in total. The number of cyclic esters (lactones) is 1. The highest BCUT2D eigenvalue weighted by molar-refractivity contribution is 7.86. The number of ether oxygens (including phenoxy) is 2. The summed E-state index contributed by atoms with van der Waals surface area (Å²) in [6.45, 7) is 9.60. The zero-order valence-electron chi connectivity index (χ0n) is 41.5. The number of aromatic hydroxyl groups is 2. The third-order valence-electron chi connectivity index (χ3n) is 15.5. The molecule has 2 saturated heterocycles. The van der Waals surface area contributed by atoms with E-state index < -0.39 is 33.6 Å². The van der Waals surface area contributed by atoms with Crippen LogP contribution in [-0.4, -0.2) is 117 Å². The number of piperidine rings is 1. The fourth-order valence-corrected chi connectivity index (χ4v) is 12.9. The van der Waals surface area contributed by atoms with Gasteiger partial charge in [-0.05, 0) is 110 Å². The number of aromatic amines is 1. The number of amides is 1. The van der Waals surface area contributed by atoms with E-state index in [9.17, 15) is 42.9 Å². The Morgan fingerprint density at radius 3 is 2.41 bits per heavy atom. The number of piperazine rings is 1. The maximum absolute atomic E-state index is 13.9. The van der Waals surface area contributed by atoms with Gasteiger partial charge in [0.15, 0.2) is 11.4 Å². The molecule has 0 spiro atoms. The molecule has 1 atom stereocenters. The summed E-state index contributed by atoms with van der Waals surface area (Å²) >= 11 is 0. The van der Waals surface area contributed by atoms with E-state index in [-0.39, 0.29) is 85.7 Å². The van der Waals surface area contributed by atoms with Gasteiger partial charge in [-0.25, -0.2) is 29.0 Å². The molecule has 0 bridgehead atoms.